The predicted octanol–water partition coefficient (Wildman–Crippen LogP) is -1.03. The van der Waals surface area contributed by atoms with Crippen molar-refractivity contribution in [3.05, 3.63) is 30.4 Å². The summed E-state index contributed by atoms with van der Waals surface area (Å²) in [5.41, 5.74) is 6.02. The van der Waals surface area contributed by atoms with Crippen molar-refractivity contribution in [2.24, 2.45) is 0 Å². The second kappa shape index (κ2) is 5.01. The molecule has 0 atom stereocenters. The van der Waals surface area contributed by atoms with Gasteiger partial charge in [-0.05, 0) is 12.1 Å². The van der Waals surface area contributed by atoms with Crippen LogP contribution in [0.1, 0.15) is 5.69 Å². The highest BCUT2D eigenvalue weighted by Crippen LogP contribution is 1.92. The van der Waals surface area contributed by atoms with E-state index in [0.717, 1.165) is 0 Å². The van der Waals surface area contributed by atoms with Crippen LogP contribution in [0, 0.1) is 0 Å². The lowest BCUT2D eigenvalue weighted by atomic mass is 10.4. The molecule has 1 amide bonds. The standard InChI is InChI=1S/C9H11N7O/c10-9-12-6-16(15-9)5-8(17)11-4-7-2-1-3-13-14-7/h1-3,6H,4-5H2,(H2,10,15)(H,11,17). The molecule has 0 unspecified atom stereocenters. The van der Waals surface area contributed by atoms with Crippen LogP contribution in [0.2, 0.25) is 0 Å². The Labute approximate surface area is 96.9 Å². The van der Waals surface area contributed by atoms with E-state index in [1.54, 1.807) is 18.3 Å². The maximum atomic E-state index is 11.5. The number of nitrogen functional groups attached to an aromatic ring is 1. The fourth-order valence-corrected chi connectivity index (χ4v) is 1.21. The van der Waals surface area contributed by atoms with Crippen molar-refractivity contribution in [2.45, 2.75) is 13.1 Å². The van der Waals surface area contributed by atoms with Gasteiger partial charge in [-0.1, -0.05) is 0 Å². The van der Waals surface area contributed by atoms with Crippen LogP contribution >= 0.6 is 0 Å². The molecule has 0 bridgehead atoms. The molecular weight excluding hydrogens is 222 g/mol. The quantitative estimate of drug-likeness (QED) is 0.698. The van der Waals surface area contributed by atoms with Crippen molar-refractivity contribution < 1.29 is 4.79 Å². The van der Waals surface area contributed by atoms with Gasteiger partial charge in [0.05, 0.1) is 12.2 Å². The molecule has 0 aromatic carbocycles. The number of hydrogen-bond donors (Lipinski definition) is 2. The summed E-state index contributed by atoms with van der Waals surface area (Å²) < 4.78 is 1.36. The highest BCUT2D eigenvalue weighted by atomic mass is 16.2. The van der Waals surface area contributed by atoms with Gasteiger partial charge in [0.15, 0.2) is 0 Å². The van der Waals surface area contributed by atoms with Gasteiger partial charge in [-0.15, -0.1) is 5.10 Å². The Bertz CT molecular complexity index is 495. The van der Waals surface area contributed by atoms with E-state index in [1.807, 2.05) is 0 Å². The van der Waals surface area contributed by atoms with Crippen LogP contribution in [0.25, 0.3) is 0 Å². The molecule has 0 saturated heterocycles. The number of hydrogen-bond acceptors (Lipinski definition) is 6. The van der Waals surface area contributed by atoms with Crippen LogP contribution in [0.3, 0.4) is 0 Å². The Kier molecular flexibility index (Phi) is 3.24. The van der Waals surface area contributed by atoms with E-state index in [2.05, 4.69) is 25.6 Å². The number of aromatic nitrogens is 5. The molecule has 0 aliphatic rings. The lowest BCUT2D eigenvalue weighted by molar-refractivity contribution is -0.122. The van der Waals surface area contributed by atoms with Crippen LogP contribution in [0.4, 0.5) is 5.95 Å². The first-order valence-electron chi connectivity index (χ1n) is 4.92. The average molecular weight is 233 g/mol. The Morgan fingerprint density at radius 3 is 3.06 bits per heavy atom. The van der Waals surface area contributed by atoms with Gasteiger partial charge in [0.2, 0.25) is 11.9 Å². The van der Waals surface area contributed by atoms with Crippen molar-refractivity contribution in [1.29, 1.82) is 0 Å². The van der Waals surface area contributed by atoms with Crippen molar-refractivity contribution in [1.82, 2.24) is 30.3 Å². The Balaban J connectivity index is 1.82. The fraction of sp³-hybridized carbons (Fsp3) is 0.222. The second-order valence-electron chi connectivity index (χ2n) is 3.29. The number of rotatable bonds is 4. The number of carbonyl (C=O) groups is 1. The molecule has 88 valence electrons. The normalized spacial score (nSPS) is 10.1. The molecule has 0 saturated carbocycles. The summed E-state index contributed by atoms with van der Waals surface area (Å²) in [4.78, 5) is 15.2. The minimum Gasteiger partial charge on any atom is -0.367 e. The monoisotopic (exact) mass is 233 g/mol. The van der Waals surface area contributed by atoms with Crippen molar-refractivity contribution >= 4 is 11.9 Å². The first kappa shape index (κ1) is 11.0. The molecule has 8 nitrogen and oxygen atoms in total. The molecule has 2 rings (SSSR count). The molecule has 0 aliphatic carbocycles. The van der Waals surface area contributed by atoms with Crippen LogP contribution in [-0.4, -0.2) is 30.9 Å². The minimum absolute atomic E-state index is 0.0739. The number of nitrogens with one attached hydrogen (secondary N) is 1. The van der Waals surface area contributed by atoms with Crippen LogP contribution in [-0.2, 0) is 17.9 Å². The summed E-state index contributed by atoms with van der Waals surface area (Å²) in [6, 6.07) is 3.54. The van der Waals surface area contributed by atoms with E-state index >= 15 is 0 Å². The zero-order valence-corrected chi connectivity index (χ0v) is 8.95. The number of nitrogens with two attached hydrogens (primary N) is 1. The molecule has 0 aliphatic heterocycles. The fourth-order valence-electron chi connectivity index (χ4n) is 1.21. The number of amides is 1. The van der Waals surface area contributed by atoms with Crippen molar-refractivity contribution in [3.63, 3.8) is 0 Å². The van der Waals surface area contributed by atoms with Crippen LogP contribution in [0.5, 0.6) is 0 Å². The molecule has 2 heterocycles. The van der Waals surface area contributed by atoms with Gasteiger partial charge in [0, 0.05) is 6.20 Å². The molecule has 2 aromatic heterocycles. The summed E-state index contributed by atoms with van der Waals surface area (Å²) >= 11 is 0. The van der Waals surface area contributed by atoms with Gasteiger partial charge in [0.25, 0.3) is 0 Å². The van der Waals surface area contributed by atoms with Gasteiger partial charge in [-0.25, -0.2) is 9.67 Å². The molecule has 3 N–H and O–H groups in total. The second-order valence-corrected chi connectivity index (χ2v) is 3.29. The van der Waals surface area contributed by atoms with Gasteiger partial charge in [0.1, 0.15) is 12.9 Å². The van der Waals surface area contributed by atoms with Crippen molar-refractivity contribution in [2.75, 3.05) is 5.73 Å². The SMILES string of the molecule is Nc1ncn(CC(=O)NCc2cccnn2)n1. The van der Waals surface area contributed by atoms with Gasteiger partial charge < -0.3 is 11.1 Å². The molecule has 8 heteroatoms. The number of anilines is 1. The molecule has 0 fully saturated rings. The summed E-state index contributed by atoms with van der Waals surface area (Å²) in [6.45, 7) is 0.404. The zero-order chi connectivity index (χ0) is 12.1. The molecule has 2 aromatic rings. The van der Waals surface area contributed by atoms with Crippen LogP contribution in [0.15, 0.2) is 24.7 Å². The lowest BCUT2D eigenvalue weighted by Crippen LogP contribution is -2.27. The summed E-state index contributed by atoms with van der Waals surface area (Å²) in [7, 11) is 0. The smallest absolute Gasteiger partial charge is 0.242 e. The first-order valence-corrected chi connectivity index (χ1v) is 4.92. The third-order valence-corrected chi connectivity index (χ3v) is 1.95. The topological polar surface area (TPSA) is 112 Å². The maximum Gasteiger partial charge on any atom is 0.242 e. The zero-order valence-electron chi connectivity index (χ0n) is 8.95. The predicted molar refractivity (Wildman–Crippen MR) is 58.3 cm³/mol. The third kappa shape index (κ3) is 3.23. The molecule has 17 heavy (non-hydrogen) atoms. The number of carbonyl (C=O) groups excluding carboxylic acids is 1. The Hall–Kier alpha value is -2.51. The lowest BCUT2D eigenvalue weighted by Gasteiger charge is -2.03. The van der Waals surface area contributed by atoms with Gasteiger partial charge >= 0.3 is 0 Å². The molecular formula is C9H11N7O. The van der Waals surface area contributed by atoms with Gasteiger partial charge in [-0.2, -0.15) is 10.2 Å². The molecule has 0 radical (unpaired) electrons. The van der Waals surface area contributed by atoms with E-state index in [9.17, 15) is 4.79 Å². The van der Waals surface area contributed by atoms with E-state index in [-0.39, 0.29) is 18.4 Å². The van der Waals surface area contributed by atoms with E-state index < -0.39 is 0 Å². The summed E-state index contributed by atoms with van der Waals surface area (Å²) in [5.74, 6) is -0.0488. The van der Waals surface area contributed by atoms with E-state index in [4.69, 9.17) is 5.73 Å². The largest absolute Gasteiger partial charge is 0.367 e. The van der Waals surface area contributed by atoms with Crippen LogP contribution < -0.4 is 11.1 Å². The van der Waals surface area contributed by atoms with E-state index in [0.29, 0.717) is 12.2 Å². The highest BCUT2D eigenvalue weighted by molar-refractivity contribution is 5.75. The Morgan fingerprint density at radius 2 is 2.41 bits per heavy atom. The maximum absolute atomic E-state index is 11.5. The third-order valence-electron chi connectivity index (χ3n) is 1.95. The van der Waals surface area contributed by atoms with Gasteiger partial charge in [-0.3, -0.25) is 4.79 Å². The summed E-state index contributed by atoms with van der Waals surface area (Å²) in [6.07, 6.45) is 2.97. The van der Waals surface area contributed by atoms with Crippen molar-refractivity contribution in [3.8, 4) is 0 Å². The Morgan fingerprint density at radius 1 is 1.53 bits per heavy atom. The van der Waals surface area contributed by atoms with E-state index in [1.165, 1.54) is 11.0 Å². The highest BCUT2D eigenvalue weighted by Gasteiger charge is 2.04. The average Bonchev–Trinajstić information content (AvgIpc) is 2.73. The molecule has 0 spiro atoms. The number of nitrogens with zero attached hydrogens (tertiary/aromatic N) is 5. The minimum atomic E-state index is -0.194. The first-order chi connectivity index (χ1) is 8.24. The summed E-state index contributed by atoms with van der Waals surface area (Å²) in [5, 5.41) is 14.0.